The van der Waals surface area contributed by atoms with Crippen molar-refractivity contribution in [2.24, 2.45) is 0 Å². The van der Waals surface area contributed by atoms with Crippen LogP contribution in [0.2, 0.25) is 0 Å². The summed E-state index contributed by atoms with van der Waals surface area (Å²) in [5.41, 5.74) is 0. The molecule has 108 valence electrons. The first-order chi connectivity index (χ1) is 8.69. The third-order valence-corrected chi connectivity index (χ3v) is 3.10. The van der Waals surface area contributed by atoms with Crippen molar-refractivity contribution in [2.45, 2.75) is 64.9 Å². The minimum absolute atomic E-state index is 0.212. The van der Waals surface area contributed by atoms with Crippen molar-refractivity contribution in [3.8, 4) is 0 Å². The molecule has 4 nitrogen and oxygen atoms in total. The fraction of sp³-hybridized carbons (Fsp3) is 1.00. The van der Waals surface area contributed by atoms with Crippen LogP contribution in [0.1, 0.15) is 40.5 Å². The molecule has 18 heavy (non-hydrogen) atoms. The van der Waals surface area contributed by atoms with Gasteiger partial charge in [-0.25, -0.2) is 0 Å². The Bertz CT molecular complexity index is 211. The molecule has 1 aliphatic rings. The highest BCUT2D eigenvalue weighted by atomic mass is 16.6. The van der Waals surface area contributed by atoms with Crippen molar-refractivity contribution in [1.82, 2.24) is 5.32 Å². The van der Waals surface area contributed by atoms with Crippen molar-refractivity contribution in [2.75, 3.05) is 26.4 Å². The molecule has 1 fully saturated rings. The van der Waals surface area contributed by atoms with Crippen LogP contribution in [0.3, 0.4) is 0 Å². The van der Waals surface area contributed by atoms with Gasteiger partial charge in [-0.2, -0.15) is 0 Å². The van der Waals surface area contributed by atoms with Crippen molar-refractivity contribution in [3.05, 3.63) is 0 Å². The number of hydrogen-bond donors (Lipinski definition) is 1. The molecule has 1 N–H and O–H groups in total. The molecule has 0 amide bonds. The Hall–Kier alpha value is -0.160. The zero-order valence-corrected chi connectivity index (χ0v) is 12.3. The van der Waals surface area contributed by atoms with Gasteiger partial charge in [0.05, 0.1) is 31.5 Å². The molecule has 1 saturated carbocycles. The summed E-state index contributed by atoms with van der Waals surface area (Å²) in [4.78, 5) is 0. The van der Waals surface area contributed by atoms with Crippen LogP contribution in [0.4, 0.5) is 0 Å². The van der Waals surface area contributed by atoms with E-state index in [1.807, 2.05) is 13.8 Å². The summed E-state index contributed by atoms with van der Waals surface area (Å²) >= 11 is 0. The molecule has 0 heterocycles. The summed E-state index contributed by atoms with van der Waals surface area (Å²) in [5, 5.41) is 3.44. The first-order valence-electron chi connectivity index (χ1n) is 7.27. The maximum atomic E-state index is 5.85. The van der Waals surface area contributed by atoms with Crippen molar-refractivity contribution in [3.63, 3.8) is 0 Å². The van der Waals surface area contributed by atoms with E-state index in [4.69, 9.17) is 14.2 Å². The highest BCUT2D eigenvalue weighted by Crippen LogP contribution is 2.27. The van der Waals surface area contributed by atoms with Gasteiger partial charge in [0.2, 0.25) is 0 Å². The zero-order valence-electron chi connectivity index (χ0n) is 12.3. The fourth-order valence-corrected chi connectivity index (χ4v) is 2.17. The number of ether oxygens (including phenoxy) is 3. The summed E-state index contributed by atoms with van der Waals surface area (Å²) in [6.45, 7) is 11.5. The molecule has 1 rings (SSSR count). The van der Waals surface area contributed by atoms with Crippen LogP contribution in [0, 0.1) is 0 Å². The Labute approximate surface area is 111 Å². The minimum atomic E-state index is 0.212. The highest BCUT2D eigenvalue weighted by Gasteiger charge is 2.42. The molecule has 1 aliphatic carbocycles. The normalized spacial score (nSPS) is 27.5. The Morgan fingerprint density at radius 1 is 1.11 bits per heavy atom. The van der Waals surface area contributed by atoms with Crippen LogP contribution < -0.4 is 5.32 Å². The van der Waals surface area contributed by atoms with E-state index < -0.39 is 0 Å². The number of hydrogen-bond acceptors (Lipinski definition) is 4. The first-order valence-corrected chi connectivity index (χ1v) is 7.27. The van der Waals surface area contributed by atoms with E-state index in [1.165, 1.54) is 0 Å². The maximum Gasteiger partial charge on any atom is 0.0990 e. The smallest absolute Gasteiger partial charge is 0.0990 e. The molecule has 0 spiro atoms. The third kappa shape index (κ3) is 5.22. The summed E-state index contributed by atoms with van der Waals surface area (Å²) < 4.78 is 17.1. The Morgan fingerprint density at radius 2 is 1.89 bits per heavy atom. The molecule has 0 bridgehead atoms. The van der Waals surface area contributed by atoms with Crippen molar-refractivity contribution >= 4 is 0 Å². The van der Waals surface area contributed by atoms with Gasteiger partial charge in [0.15, 0.2) is 0 Å². The van der Waals surface area contributed by atoms with Crippen LogP contribution in [0.15, 0.2) is 0 Å². The van der Waals surface area contributed by atoms with E-state index in [9.17, 15) is 0 Å². The Balaban J connectivity index is 2.19. The average molecular weight is 259 g/mol. The second-order valence-corrected chi connectivity index (χ2v) is 5.06. The van der Waals surface area contributed by atoms with Gasteiger partial charge >= 0.3 is 0 Å². The molecule has 0 saturated heterocycles. The fourth-order valence-electron chi connectivity index (χ4n) is 2.17. The predicted octanol–water partition coefficient (Wildman–Crippen LogP) is 1.97. The largest absolute Gasteiger partial charge is 0.376 e. The molecule has 4 heteroatoms. The molecule has 0 aromatic carbocycles. The molecular formula is C14H29NO3. The van der Waals surface area contributed by atoms with Gasteiger partial charge < -0.3 is 19.5 Å². The van der Waals surface area contributed by atoms with Crippen molar-refractivity contribution in [1.29, 1.82) is 0 Å². The molecular weight excluding hydrogens is 230 g/mol. The molecule has 0 aliphatic heterocycles. The summed E-state index contributed by atoms with van der Waals surface area (Å²) in [5.74, 6) is 0. The van der Waals surface area contributed by atoms with E-state index in [0.717, 1.165) is 26.0 Å². The van der Waals surface area contributed by atoms with Gasteiger partial charge in [-0.3, -0.25) is 0 Å². The predicted molar refractivity (Wildman–Crippen MR) is 72.9 cm³/mol. The SMILES string of the molecule is CCCOC1C(NCC)CC1OCCOC(C)C. The van der Waals surface area contributed by atoms with Gasteiger partial charge in [-0.15, -0.1) is 0 Å². The monoisotopic (exact) mass is 259 g/mol. The molecule has 3 unspecified atom stereocenters. The third-order valence-electron chi connectivity index (χ3n) is 3.10. The van der Waals surface area contributed by atoms with Gasteiger partial charge in [-0.05, 0) is 33.2 Å². The molecule has 0 radical (unpaired) electrons. The summed E-state index contributed by atoms with van der Waals surface area (Å²) in [6, 6.07) is 0.456. The zero-order chi connectivity index (χ0) is 13.4. The average Bonchev–Trinajstić information content (AvgIpc) is 2.31. The minimum Gasteiger partial charge on any atom is -0.376 e. The van der Waals surface area contributed by atoms with E-state index in [1.54, 1.807) is 0 Å². The Kier molecular flexibility index (Phi) is 7.82. The van der Waals surface area contributed by atoms with Gasteiger partial charge in [0.25, 0.3) is 0 Å². The van der Waals surface area contributed by atoms with Crippen LogP contribution in [0.5, 0.6) is 0 Å². The van der Waals surface area contributed by atoms with Crippen LogP contribution in [-0.2, 0) is 14.2 Å². The van der Waals surface area contributed by atoms with Gasteiger partial charge in [0.1, 0.15) is 0 Å². The summed E-state index contributed by atoms with van der Waals surface area (Å²) in [6.07, 6.45) is 2.82. The lowest BCUT2D eigenvalue weighted by Gasteiger charge is -2.44. The Morgan fingerprint density at radius 3 is 2.50 bits per heavy atom. The van der Waals surface area contributed by atoms with Gasteiger partial charge in [-0.1, -0.05) is 13.8 Å². The second kappa shape index (κ2) is 8.86. The summed E-state index contributed by atoms with van der Waals surface area (Å²) in [7, 11) is 0. The quantitative estimate of drug-likeness (QED) is 0.609. The lowest BCUT2D eigenvalue weighted by atomic mass is 9.85. The topological polar surface area (TPSA) is 39.7 Å². The molecule has 0 aromatic rings. The highest BCUT2D eigenvalue weighted by molar-refractivity contribution is 4.97. The maximum absolute atomic E-state index is 5.85. The standard InChI is InChI=1S/C14H29NO3/c1-5-7-18-14-12(15-6-2)10-13(14)17-9-8-16-11(3)4/h11-15H,5-10H2,1-4H3. The number of nitrogens with one attached hydrogen (secondary N) is 1. The van der Waals surface area contributed by atoms with E-state index in [-0.39, 0.29) is 18.3 Å². The van der Waals surface area contributed by atoms with E-state index in [0.29, 0.717) is 19.3 Å². The number of rotatable bonds is 10. The lowest BCUT2D eigenvalue weighted by molar-refractivity contribution is -0.154. The van der Waals surface area contributed by atoms with E-state index in [2.05, 4.69) is 19.2 Å². The van der Waals surface area contributed by atoms with Crippen LogP contribution in [0.25, 0.3) is 0 Å². The molecule has 3 atom stereocenters. The first kappa shape index (κ1) is 15.9. The van der Waals surface area contributed by atoms with E-state index >= 15 is 0 Å². The van der Waals surface area contributed by atoms with Crippen LogP contribution in [-0.4, -0.2) is 50.7 Å². The van der Waals surface area contributed by atoms with Gasteiger partial charge in [0, 0.05) is 12.6 Å². The van der Waals surface area contributed by atoms with Crippen LogP contribution >= 0.6 is 0 Å². The number of likely N-dealkylation sites (N-methyl/N-ethyl adjacent to an activating group) is 1. The van der Waals surface area contributed by atoms with Crippen molar-refractivity contribution < 1.29 is 14.2 Å². The lowest BCUT2D eigenvalue weighted by Crippen LogP contribution is -2.60. The second-order valence-electron chi connectivity index (χ2n) is 5.06. The molecule has 0 aromatic heterocycles.